The highest BCUT2D eigenvalue weighted by atomic mass is 32.1. The number of thiophene rings is 1. The summed E-state index contributed by atoms with van der Waals surface area (Å²) < 4.78 is 0. The Kier molecular flexibility index (Phi) is 4.58. The van der Waals surface area contributed by atoms with Crippen molar-refractivity contribution in [3.63, 3.8) is 0 Å². The maximum absolute atomic E-state index is 12.4. The maximum Gasteiger partial charge on any atom is 0.307 e. The van der Waals surface area contributed by atoms with Crippen LogP contribution in [0.15, 0.2) is 17.5 Å². The zero-order valence-corrected chi connectivity index (χ0v) is 11.9. The number of amides is 1. The highest BCUT2D eigenvalue weighted by Crippen LogP contribution is 2.32. The molecule has 2 rings (SSSR count). The van der Waals surface area contributed by atoms with Gasteiger partial charge in [-0.2, -0.15) is 0 Å². The first kappa shape index (κ1) is 14.1. The number of carbonyl (C=O) groups is 2. The van der Waals surface area contributed by atoms with E-state index in [0.717, 1.165) is 17.7 Å². The minimum atomic E-state index is -0.831. The largest absolute Gasteiger partial charge is 0.481 e. The lowest BCUT2D eigenvalue weighted by Crippen LogP contribution is -2.40. The van der Waals surface area contributed by atoms with Crippen molar-refractivity contribution < 1.29 is 14.7 Å². The van der Waals surface area contributed by atoms with Crippen LogP contribution in [0.1, 0.15) is 30.6 Å². The van der Waals surface area contributed by atoms with Gasteiger partial charge in [-0.05, 0) is 24.3 Å². The van der Waals surface area contributed by atoms with Gasteiger partial charge in [0.25, 0.3) is 0 Å². The first-order valence-corrected chi connectivity index (χ1v) is 7.47. The second kappa shape index (κ2) is 6.19. The van der Waals surface area contributed by atoms with Gasteiger partial charge in [0.2, 0.25) is 5.91 Å². The number of carboxylic acids is 1. The van der Waals surface area contributed by atoms with Gasteiger partial charge in [0.15, 0.2) is 0 Å². The third kappa shape index (κ3) is 3.35. The van der Waals surface area contributed by atoms with Crippen LogP contribution in [0.2, 0.25) is 0 Å². The first-order valence-electron chi connectivity index (χ1n) is 6.59. The highest BCUT2D eigenvalue weighted by Gasteiger charge is 2.37. The molecule has 4 nitrogen and oxygen atoms in total. The van der Waals surface area contributed by atoms with Gasteiger partial charge in [0.1, 0.15) is 0 Å². The van der Waals surface area contributed by atoms with E-state index in [2.05, 4.69) is 0 Å². The summed E-state index contributed by atoms with van der Waals surface area (Å²) in [5.74, 6) is -1.72. The van der Waals surface area contributed by atoms with Crippen LogP contribution in [0.3, 0.4) is 0 Å². The van der Waals surface area contributed by atoms with Crippen LogP contribution in [0.4, 0.5) is 0 Å². The molecule has 0 radical (unpaired) electrons. The standard InChI is InChI=1S/C14H19NO3S/c1-15(9-10-5-4-8-19-10)13(16)11-6-2-3-7-12(11)14(17)18/h4-5,8,11-12H,2-3,6-7,9H2,1H3,(H,17,18). The molecule has 5 heteroatoms. The molecule has 1 aliphatic rings. The van der Waals surface area contributed by atoms with E-state index < -0.39 is 11.9 Å². The monoisotopic (exact) mass is 281 g/mol. The van der Waals surface area contributed by atoms with Crippen molar-refractivity contribution in [2.75, 3.05) is 7.05 Å². The summed E-state index contributed by atoms with van der Waals surface area (Å²) >= 11 is 1.61. The van der Waals surface area contributed by atoms with Gasteiger partial charge in [-0.25, -0.2) is 0 Å². The van der Waals surface area contributed by atoms with E-state index >= 15 is 0 Å². The lowest BCUT2D eigenvalue weighted by Gasteiger charge is -2.30. The van der Waals surface area contributed by atoms with Gasteiger partial charge in [-0.1, -0.05) is 18.9 Å². The quantitative estimate of drug-likeness (QED) is 0.923. The van der Waals surface area contributed by atoms with Gasteiger partial charge in [0, 0.05) is 11.9 Å². The zero-order valence-electron chi connectivity index (χ0n) is 11.0. The van der Waals surface area contributed by atoms with E-state index in [-0.39, 0.29) is 11.8 Å². The fraction of sp³-hybridized carbons (Fsp3) is 0.571. The molecule has 0 saturated heterocycles. The molecule has 1 fully saturated rings. The molecule has 2 atom stereocenters. The minimum Gasteiger partial charge on any atom is -0.481 e. The van der Waals surface area contributed by atoms with Crippen LogP contribution < -0.4 is 0 Å². The van der Waals surface area contributed by atoms with Crippen LogP contribution in [-0.2, 0) is 16.1 Å². The van der Waals surface area contributed by atoms with E-state index in [1.807, 2.05) is 17.5 Å². The molecule has 0 spiro atoms. The van der Waals surface area contributed by atoms with Crippen molar-refractivity contribution in [1.29, 1.82) is 0 Å². The first-order chi connectivity index (χ1) is 9.09. The number of aliphatic carboxylic acids is 1. The van der Waals surface area contributed by atoms with Crippen LogP contribution in [0.5, 0.6) is 0 Å². The molecule has 0 aromatic carbocycles. The normalized spacial score (nSPS) is 23.0. The fourth-order valence-corrected chi connectivity index (χ4v) is 3.48. The van der Waals surface area contributed by atoms with Gasteiger partial charge in [-0.3, -0.25) is 9.59 Å². The van der Waals surface area contributed by atoms with Gasteiger partial charge >= 0.3 is 5.97 Å². The van der Waals surface area contributed by atoms with Crippen molar-refractivity contribution >= 4 is 23.2 Å². The van der Waals surface area contributed by atoms with E-state index in [0.29, 0.717) is 19.4 Å². The number of hydrogen-bond donors (Lipinski definition) is 1. The Morgan fingerprint density at radius 1 is 1.37 bits per heavy atom. The number of carboxylic acid groups (broad SMARTS) is 1. The number of hydrogen-bond acceptors (Lipinski definition) is 3. The van der Waals surface area contributed by atoms with E-state index in [9.17, 15) is 14.7 Å². The topological polar surface area (TPSA) is 57.6 Å². The lowest BCUT2D eigenvalue weighted by atomic mass is 9.78. The molecule has 1 saturated carbocycles. The number of carbonyl (C=O) groups excluding carboxylic acids is 1. The number of nitrogens with zero attached hydrogens (tertiary/aromatic N) is 1. The zero-order chi connectivity index (χ0) is 13.8. The fourth-order valence-electron chi connectivity index (χ4n) is 2.72. The molecule has 1 N–H and O–H groups in total. The average molecular weight is 281 g/mol. The summed E-state index contributed by atoms with van der Waals surface area (Å²) in [6.45, 7) is 0.569. The highest BCUT2D eigenvalue weighted by molar-refractivity contribution is 7.09. The van der Waals surface area contributed by atoms with Gasteiger partial charge in [-0.15, -0.1) is 11.3 Å². The van der Waals surface area contributed by atoms with Crippen molar-refractivity contribution in [3.05, 3.63) is 22.4 Å². The molecule has 0 aliphatic heterocycles. The van der Waals surface area contributed by atoms with Crippen molar-refractivity contribution in [2.45, 2.75) is 32.2 Å². The third-order valence-electron chi connectivity index (χ3n) is 3.75. The lowest BCUT2D eigenvalue weighted by molar-refractivity contribution is -0.152. The summed E-state index contributed by atoms with van der Waals surface area (Å²) in [7, 11) is 1.76. The molecular formula is C14H19NO3S. The van der Waals surface area contributed by atoms with E-state index in [1.165, 1.54) is 0 Å². The smallest absolute Gasteiger partial charge is 0.307 e. The molecule has 1 aromatic heterocycles. The second-order valence-corrected chi connectivity index (χ2v) is 6.14. The molecule has 1 heterocycles. The Morgan fingerprint density at radius 2 is 2.05 bits per heavy atom. The maximum atomic E-state index is 12.4. The summed E-state index contributed by atoms with van der Waals surface area (Å²) in [6.07, 6.45) is 3.19. The molecule has 19 heavy (non-hydrogen) atoms. The summed E-state index contributed by atoms with van der Waals surface area (Å²) in [6, 6.07) is 3.95. The molecular weight excluding hydrogens is 262 g/mol. The Morgan fingerprint density at radius 3 is 2.63 bits per heavy atom. The van der Waals surface area contributed by atoms with Crippen molar-refractivity contribution in [2.24, 2.45) is 11.8 Å². The SMILES string of the molecule is CN(Cc1cccs1)C(=O)C1CCCCC1C(=O)O. The molecule has 2 unspecified atom stereocenters. The second-order valence-electron chi connectivity index (χ2n) is 5.11. The van der Waals surface area contributed by atoms with Crippen LogP contribution in [0.25, 0.3) is 0 Å². The third-order valence-corrected chi connectivity index (χ3v) is 4.61. The Labute approximate surface area is 117 Å². The average Bonchev–Trinajstić information content (AvgIpc) is 2.90. The van der Waals surface area contributed by atoms with Crippen LogP contribution in [-0.4, -0.2) is 28.9 Å². The van der Waals surface area contributed by atoms with E-state index in [1.54, 1.807) is 23.3 Å². The summed E-state index contributed by atoms with van der Waals surface area (Å²) in [4.78, 5) is 26.4. The molecule has 1 aromatic rings. The van der Waals surface area contributed by atoms with Crippen molar-refractivity contribution in [1.82, 2.24) is 4.90 Å². The molecule has 1 amide bonds. The Hall–Kier alpha value is -1.36. The summed E-state index contributed by atoms with van der Waals surface area (Å²) in [5.41, 5.74) is 0. The van der Waals surface area contributed by atoms with Crippen molar-refractivity contribution in [3.8, 4) is 0 Å². The van der Waals surface area contributed by atoms with E-state index in [4.69, 9.17) is 0 Å². The van der Waals surface area contributed by atoms with Gasteiger partial charge in [0.05, 0.1) is 18.4 Å². The molecule has 0 bridgehead atoms. The predicted molar refractivity (Wildman–Crippen MR) is 73.9 cm³/mol. The minimum absolute atomic E-state index is 0.0273. The molecule has 104 valence electrons. The van der Waals surface area contributed by atoms with Gasteiger partial charge < -0.3 is 10.0 Å². The van der Waals surface area contributed by atoms with Crippen LogP contribution in [0, 0.1) is 11.8 Å². The number of rotatable bonds is 4. The van der Waals surface area contributed by atoms with Crippen LogP contribution >= 0.6 is 11.3 Å². The Bertz CT molecular complexity index is 444. The predicted octanol–water partition coefficient (Wildman–Crippen LogP) is 2.60. The Balaban J connectivity index is 2.02. The summed E-state index contributed by atoms with van der Waals surface area (Å²) in [5, 5.41) is 11.2. The molecule has 1 aliphatic carbocycles.